The molecule has 1 aromatic carbocycles. The molecule has 3 heterocycles. The maximum atomic E-state index is 6.04. The van der Waals surface area contributed by atoms with E-state index >= 15 is 0 Å². The van der Waals surface area contributed by atoms with Crippen LogP contribution in [0, 0.1) is 13.8 Å². The minimum Gasteiger partial charge on any atom is -0.378 e. The van der Waals surface area contributed by atoms with Crippen LogP contribution < -0.4 is 10.6 Å². The first-order valence-corrected chi connectivity index (χ1v) is 8.78. The van der Waals surface area contributed by atoms with Crippen molar-refractivity contribution in [2.24, 2.45) is 5.73 Å². The number of aromatic nitrogens is 2. The summed E-state index contributed by atoms with van der Waals surface area (Å²) < 4.78 is 7.66. The Balaban J connectivity index is 1.87. The average Bonchev–Trinajstić information content (AvgIpc) is 3.04. The number of rotatable bonds is 3. The van der Waals surface area contributed by atoms with E-state index in [-0.39, 0.29) is 0 Å². The maximum Gasteiger partial charge on any atom is 0.138 e. The van der Waals surface area contributed by atoms with E-state index in [4.69, 9.17) is 10.5 Å². The number of hydrogen-bond donors (Lipinski definition) is 1. The lowest BCUT2D eigenvalue weighted by molar-refractivity contribution is 0.122. The first-order chi connectivity index (χ1) is 12.2. The van der Waals surface area contributed by atoms with E-state index in [0.29, 0.717) is 6.54 Å². The Morgan fingerprint density at radius 2 is 1.92 bits per heavy atom. The minimum absolute atomic E-state index is 0.499. The van der Waals surface area contributed by atoms with Gasteiger partial charge in [-0.05, 0) is 36.6 Å². The molecule has 3 aromatic rings. The summed E-state index contributed by atoms with van der Waals surface area (Å²) >= 11 is 0. The van der Waals surface area contributed by atoms with Gasteiger partial charge in [-0.1, -0.05) is 23.8 Å². The summed E-state index contributed by atoms with van der Waals surface area (Å²) in [6.45, 7) is 8.09. The highest BCUT2D eigenvalue weighted by Gasteiger charge is 2.17. The van der Waals surface area contributed by atoms with Crippen molar-refractivity contribution >= 4 is 11.5 Å². The molecule has 2 N–H and O–H groups in total. The van der Waals surface area contributed by atoms with Crippen LogP contribution >= 0.6 is 0 Å². The van der Waals surface area contributed by atoms with Gasteiger partial charge in [0, 0.05) is 31.4 Å². The molecule has 0 spiro atoms. The fraction of sp³-hybridized carbons (Fsp3) is 0.350. The van der Waals surface area contributed by atoms with E-state index < -0.39 is 0 Å². The lowest BCUT2D eigenvalue weighted by Crippen LogP contribution is -2.36. The second-order valence-electron chi connectivity index (χ2n) is 6.68. The Hall–Kier alpha value is -2.37. The standard InChI is InChI=1S/C20H24N4O/c1-14-3-4-17(15(2)9-14)18-13-24-19(10-16(18)11-21)22-12-20(24)23-5-7-25-8-6-23/h3-4,9-10,12-13H,5-8,11,21H2,1-2H3. The van der Waals surface area contributed by atoms with Gasteiger partial charge in [0.25, 0.3) is 0 Å². The van der Waals surface area contributed by atoms with Gasteiger partial charge >= 0.3 is 0 Å². The van der Waals surface area contributed by atoms with Crippen molar-refractivity contribution in [3.63, 3.8) is 0 Å². The van der Waals surface area contributed by atoms with Gasteiger partial charge in [-0.2, -0.15) is 0 Å². The van der Waals surface area contributed by atoms with E-state index in [1.54, 1.807) is 0 Å². The number of ether oxygens (including phenoxy) is 1. The third-order valence-electron chi connectivity index (χ3n) is 4.94. The molecular weight excluding hydrogens is 312 g/mol. The van der Waals surface area contributed by atoms with E-state index in [1.165, 1.54) is 22.3 Å². The highest BCUT2D eigenvalue weighted by molar-refractivity contribution is 5.73. The number of nitrogens with two attached hydrogens (primary N) is 1. The first-order valence-electron chi connectivity index (χ1n) is 8.78. The normalized spacial score (nSPS) is 15.1. The molecule has 0 unspecified atom stereocenters. The van der Waals surface area contributed by atoms with Crippen molar-refractivity contribution in [1.29, 1.82) is 0 Å². The summed E-state index contributed by atoms with van der Waals surface area (Å²) in [7, 11) is 0. The second-order valence-corrected chi connectivity index (χ2v) is 6.68. The predicted molar refractivity (Wildman–Crippen MR) is 101 cm³/mol. The predicted octanol–water partition coefficient (Wildman–Crippen LogP) is 2.91. The van der Waals surface area contributed by atoms with Crippen LogP contribution in [0.5, 0.6) is 0 Å². The summed E-state index contributed by atoms with van der Waals surface area (Å²) in [5.41, 5.74) is 13.1. The largest absolute Gasteiger partial charge is 0.378 e. The molecular formula is C20H24N4O. The second kappa shape index (κ2) is 6.50. The average molecular weight is 336 g/mol. The molecule has 0 amide bonds. The number of morpholine rings is 1. The highest BCUT2D eigenvalue weighted by Crippen LogP contribution is 2.30. The van der Waals surface area contributed by atoms with E-state index in [9.17, 15) is 0 Å². The number of benzene rings is 1. The van der Waals surface area contributed by atoms with Crippen LogP contribution in [0.2, 0.25) is 0 Å². The number of anilines is 1. The molecule has 1 aliphatic heterocycles. The number of pyridine rings is 1. The Labute approximate surface area is 148 Å². The summed E-state index contributed by atoms with van der Waals surface area (Å²) in [4.78, 5) is 6.93. The Bertz CT molecular complexity index is 909. The van der Waals surface area contributed by atoms with Gasteiger partial charge in [0.2, 0.25) is 0 Å². The molecule has 0 radical (unpaired) electrons. The van der Waals surface area contributed by atoms with Crippen molar-refractivity contribution in [2.45, 2.75) is 20.4 Å². The van der Waals surface area contributed by atoms with Crippen molar-refractivity contribution in [3.8, 4) is 11.1 Å². The van der Waals surface area contributed by atoms with Crippen LogP contribution in [0.15, 0.2) is 36.7 Å². The van der Waals surface area contributed by atoms with Crippen LogP contribution in [0.1, 0.15) is 16.7 Å². The highest BCUT2D eigenvalue weighted by atomic mass is 16.5. The van der Waals surface area contributed by atoms with Crippen LogP contribution in [0.4, 0.5) is 5.82 Å². The molecule has 25 heavy (non-hydrogen) atoms. The zero-order chi connectivity index (χ0) is 17.4. The molecule has 1 aliphatic rings. The molecule has 0 atom stereocenters. The Morgan fingerprint density at radius 3 is 2.64 bits per heavy atom. The smallest absolute Gasteiger partial charge is 0.138 e. The lowest BCUT2D eigenvalue weighted by Gasteiger charge is -2.28. The molecule has 0 aliphatic carbocycles. The van der Waals surface area contributed by atoms with Crippen LogP contribution in [-0.4, -0.2) is 35.7 Å². The fourth-order valence-corrected chi connectivity index (χ4v) is 3.60. The lowest BCUT2D eigenvalue weighted by atomic mass is 9.96. The maximum absolute atomic E-state index is 6.04. The topological polar surface area (TPSA) is 55.8 Å². The summed E-state index contributed by atoms with van der Waals surface area (Å²) in [6, 6.07) is 8.68. The van der Waals surface area contributed by atoms with Crippen LogP contribution in [0.25, 0.3) is 16.8 Å². The molecule has 0 saturated carbocycles. The van der Waals surface area contributed by atoms with Gasteiger partial charge in [-0.25, -0.2) is 4.98 Å². The molecule has 5 nitrogen and oxygen atoms in total. The third-order valence-corrected chi connectivity index (χ3v) is 4.94. The van der Waals surface area contributed by atoms with Crippen molar-refractivity contribution in [1.82, 2.24) is 9.38 Å². The van der Waals surface area contributed by atoms with E-state index in [0.717, 1.165) is 43.3 Å². The van der Waals surface area contributed by atoms with Gasteiger partial charge in [-0.15, -0.1) is 0 Å². The summed E-state index contributed by atoms with van der Waals surface area (Å²) in [5, 5.41) is 0. The molecule has 2 aromatic heterocycles. The third kappa shape index (κ3) is 2.90. The SMILES string of the molecule is Cc1ccc(-c2cn3c(N4CCOCC4)cnc3cc2CN)c(C)c1. The molecule has 5 heteroatoms. The quantitative estimate of drug-likeness (QED) is 0.799. The Kier molecular flexibility index (Phi) is 4.19. The minimum atomic E-state index is 0.499. The zero-order valence-corrected chi connectivity index (χ0v) is 14.8. The number of nitrogens with zero attached hydrogens (tertiary/aromatic N) is 3. The zero-order valence-electron chi connectivity index (χ0n) is 14.8. The van der Waals surface area contributed by atoms with Crippen molar-refractivity contribution < 1.29 is 4.74 Å². The van der Waals surface area contributed by atoms with Crippen LogP contribution in [-0.2, 0) is 11.3 Å². The van der Waals surface area contributed by atoms with Gasteiger partial charge in [0.05, 0.1) is 19.4 Å². The number of hydrogen-bond acceptors (Lipinski definition) is 4. The van der Waals surface area contributed by atoms with Gasteiger partial charge in [0.15, 0.2) is 0 Å². The monoisotopic (exact) mass is 336 g/mol. The number of fused-ring (bicyclic) bond motifs is 1. The fourth-order valence-electron chi connectivity index (χ4n) is 3.60. The molecule has 130 valence electrons. The van der Waals surface area contributed by atoms with E-state index in [1.807, 2.05) is 6.20 Å². The first kappa shape index (κ1) is 16.1. The van der Waals surface area contributed by atoms with Gasteiger partial charge in [-0.3, -0.25) is 4.40 Å². The van der Waals surface area contributed by atoms with Crippen molar-refractivity contribution in [2.75, 3.05) is 31.2 Å². The van der Waals surface area contributed by atoms with Gasteiger partial charge < -0.3 is 15.4 Å². The molecule has 4 rings (SSSR count). The molecule has 1 fully saturated rings. The number of aryl methyl sites for hydroxylation is 2. The molecule has 1 saturated heterocycles. The molecule has 0 bridgehead atoms. The summed E-state index contributed by atoms with van der Waals surface area (Å²) in [5.74, 6) is 1.12. The Morgan fingerprint density at radius 1 is 1.12 bits per heavy atom. The summed E-state index contributed by atoms with van der Waals surface area (Å²) in [6.07, 6.45) is 4.14. The van der Waals surface area contributed by atoms with Gasteiger partial charge in [0.1, 0.15) is 11.5 Å². The van der Waals surface area contributed by atoms with Crippen LogP contribution in [0.3, 0.4) is 0 Å². The van der Waals surface area contributed by atoms with E-state index in [2.05, 4.69) is 58.6 Å². The number of imidazole rings is 1. The van der Waals surface area contributed by atoms with Crippen molar-refractivity contribution in [3.05, 3.63) is 53.3 Å².